The number of ether oxygens (including phenoxy) is 1. The fourth-order valence-electron chi connectivity index (χ4n) is 3.77. The average molecular weight is 461 g/mol. The zero-order valence-electron chi connectivity index (χ0n) is 20.9. The van der Waals surface area contributed by atoms with E-state index < -0.39 is 17.9 Å². The summed E-state index contributed by atoms with van der Waals surface area (Å²) in [5.41, 5.74) is 2.18. The topological polar surface area (TPSA) is 84.5 Å². The van der Waals surface area contributed by atoms with Crippen molar-refractivity contribution in [3.05, 3.63) is 35.4 Å². The quantitative estimate of drug-likeness (QED) is 0.436. The van der Waals surface area contributed by atoms with Crippen molar-refractivity contribution in [3.63, 3.8) is 0 Å². The summed E-state index contributed by atoms with van der Waals surface area (Å²) in [6.07, 6.45) is 14.7. The van der Waals surface area contributed by atoms with Crippen LogP contribution in [0.2, 0.25) is 0 Å². The van der Waals surface area contributed by atoms with Gasteiger partial charge < -0.3 is 15.4 Å². The minimum Gasteiger partial charge on any atom is -0.467 e. The first-order valence-electron chi connectivity index (χ1n) is 12.7. The molecule has 1 saturated carbocycles. The lowest BCUT2D eigenvalue weighted by molar-refractivity contribution is -0.145. The molecule has 0 spiro atoms. The third-order valence-corrected chi connectivity index (χ3v) is 5.77. The van der Waals surface area contributed by atoms with E-state index in [-0.39, 0.29) is 12.5 Å². The van der Waals surface area contributed by atoms with Crippen molar-refractivity contribution in [2.45, 2.75) is 103 Å². The summed E-state index contributed by atoms with van der Waals surface area (Å²) in [7, 11) is 1.30. The number of hydrogen-bond acceptors (Lipinski definition) is 4. The number of benzene rings is 1. The second-order valence-electron chi connectivity index (χ2n) is 8.77. The van der Waals surface area contributed by atoms with E-state index in [0.717, 1.165) is 37.7 Å². The molecule has 186 valence electrons. The molecule has 1 fully saturated rings. The fourth-order valence-corrected chi connectivity index (χ4v) is 3.77. The highest BCUT2D eigenvalue weighted by molar-refractivity contribution is 5.88. The van der Waals surface area contributed by atoms with E-state index in [9.17, 15) is 14.4 Å². The largest absolute Gasteiger partial charge is 0.467 e. The number of carbonyl (C=O) groups excluding carboxylic acids is 3. The number of amides is 2. The van der Waals surface area contributed by atoms with Gasteiger partial charge in [-0.25, -0.2) is 4.79 Å². The number of methoxy groups -OCH3 is 1. The first-order chi connectivity index (χ1) is 16.0. The van der Waals surface area contributed by atoms with Crippen molar-refractivity contribution in [2.75, 3.05) is 13.7 Å². The van der Waals surface area contributed by atoms with Gasteiger partial charge in [-0.3, -0.25) is 9.59 Å². The van der Waals surface area contributed by atoms with Gasteiger partial charge in [-0.05, 0) is 30.4 Å². The maximum atomic E-state index is 12.1. The molecule has 2 amide bonds. The second kappa shape index (κ2) is 18.1. The van der Waals surface area contributed by atoms with Gasteiger partial charge in [0.25, 0.3) is 0 Å². The maximum Gasteiger partial charge on any atom is 0.328 e. The second-order valence-corrected chi connectivity index (χ2v) is 8.77. The van der Waals surface area contributed by atoms with Crippen molar-refractivity contribution in [1.29, 1.82) is 0 Å². The van der Waals surface area contributed by atoms with Gasteiger partial charge >= 0.3 is 5.97 Å². The number of esters is 1. The van der Waals surface area contributed by atoms with Crippen LogP contribution in [-0.4, -0.2) is 37.5 Å². The van der Waals surface area contributed by atoms with Gasteiger partial charge in [-0.15, -0.1) is 0 Å². The highest BCUT2D eigenvalue weighted by atomic mass is 16.5. The Morgan fingerprint density at radius 3 is 2.09 bits per heavy atom. The number of rotatable bonds is 12. The molecule has 0 aliphatic heterocycles. The van der Waals surface area contributed by atoms with Gasteiger partial charge in [0.2, 0.25) is 11.8 Å². The maximum absolute atomic E-state index is 12.1. The van der Waals surface area contributed by atoms with Crippen molar-refractivity contribution in [2.24, 2.45) is 0 Å². The van der Waals surface area contributed by atoms with E-state index in [0.29, 0.717) is 12.8 Å². The van der Waals surface area contributed by atoms with E-state index >= 15 is 0 Å². The van der Waals surface area contributed by atoms with Crippen molar-refractivity contribution >= 4 is 17.8 Å². The Bertz CT molecular complexity index is 690. The van der Waals surface area contributed by atoms with Crippen LogP contribution >= 0.6 is 0 Å². The van der Waals surface area contributed by atoms with Crippen LogP contribution in [0.15, 0.2) is 24.3 Å². The average Bonchev–Trinajstić information content (AvgIpc) is 2.85. The van der Waals surface area contributed by atoms with Gasteiger partial charge in [-0.1, -0.05) is 89.5 Å². The Morgan fingerprint density at radius 1 is 0.909 bits per heavy atom. The lowest BCUT2D eigenvalue weighted by atomic mass is 10.0. The van der Waals surface area contributed by atoms with Crippen molar-refractivity contribution in [1.82, 2.24) is 10.6 Å². The van der Waals surface area contributed by atoms with Crippen LogP contribution in [-0.2, 0) is 32.0 Å². The Morgan fingerprint density at radius 2 is 1.52 bits per heavy atom. The third-order valence-electron chi connectivity index (χ3n) is 5.77. The molecule has 1 aliphatic rings. The highest BCUT2D eigenvalue weighted by Gasteiger charge is 2.22. The number of carbonyl (C=O) groups is 3. The molecular weight excluding hydrogens is 416 g/mol. The molecule has 1 aromatic carbocycles. The summed E-state index contributed by atoms with van der Waals surface area (Å²) < 4.78 is 4.82. The zero-order chi connectivity index (χ0) is 24.3. The molecule has 2 rings (SSSR count). The van der Waals surface area contributed by atoms with Crippen LogP contribution in [0.1, 0.15) is 95.6 Å². The van der Waals surface area contributed by atoms with E-state index in [1.54, 1.807) is 0 Å². The molecule has 2 N–H and O–H groups in total. The number of hydrogen-bond donors (Lipinski definition) is 2. The van der Waals surface area contributed by atoms with Gasteiger partial charge in [0.05, 0.1) is 13.7 Å². The van der Waals surface area contributed by atoms with E-state index in [1.807, 2.05) is 19.1 Å². The van der Waals surface area contributed by atoms with Gasteiger partial charge in [0.15, 0.2) is 0 Å². The van der Waals surface area contributed by atoms with Crippen LogP contribution in [0.4, 0.5) is 0 Å². The fraction of sp³-hybridized carbons (Fsp3) is 0.667. The molecule has 6 heteroatoms. The first-order valence-corrected chi connectivity index (χ1v) is 12.7. The molecule has 0 bridgehead atoms. The van der Waals surface area contributed by atoms with E-state index in [1.165, 1.54) is 51.2 Å². The number of nitrogens with one attached hydrogen (secondary N) is 2. The molecule has 33 heavy (non-hydrogen) atoms. The van der Waals surface area contributed by atoms with Crippen LogP contribution in [0.3, 0.4) is 0 Å². The number of unbranched alkanes of at least 4 members (excludes halogenated alkanes) is 2. The Hall–Kier alpha value is -2.37. The number of aryl methyl sites for hydroxylation is 1. The first kappa shape index (κ1) is 28.7. The summed E-state index contributed by atoms with van der Waals surface area (Å²) in [5.74, 6) is -1.07. The van der Waals surface area contributed by atoms with Crippen molar-refractivity contribution < 1.29 is 19.1 Å². The summed E-state index contributed by atoms with van der Waals surface area (Å²) in [4.78, 5) is 35.8. The predicted octanol–water partition coefficient (Wildman–Crippen LogP) is 4.88. The Balaban J connectivity index is 0.000000779. The molecule has 1 unspecified atom stereocenters. The molecule has 1 aromatic rings. The lowest BCUT2D eigenvalue weighted by Crippen LogP contribution is -2.47. The minimum atomic E-state index is -0.781. The molecule has 1 aliphatic carbocycles. The summed E-state index contributed by atoms with van der Waals surface area (Å²) in [6.45, 7) is 4.00. The lowest BCUT2D eigenvalue weighted by Gasteiger charge is -2.17. The SMILES string of the molecule is C1CCCCC1.CCCCC(=O)NCC(=O)NC(Cc1cccc(CCCC)c1)C(=O)OC. The van der Waals surface area contributed by atoms with E-state index in [4.69, 9.17) is 4.74 Å². The standard InChI is InChI=1S/C21H32N2O4.C6H12/c1-4-6-9-16-10-8-11-17(13-16)14-18(21(26)27-3)23-20(25)15-22-19(24)12-7-5-2;1-2-4-6-5-3-1/h8,10-11,13,18H,4-7,9,12,14-15H2,1-3H3,(H,22,24)(H,23,25);1-6H2. The van der Waals surface area contributed by atoms with Crippen LogP contribution in [0.5, 0.6) is 0 Å². The highest BCUT2D eigenvalue weighted by Crippen LogP contribution is 2.15. The summed E-state index contributed by atoms with van der Waals surface area (Å²) >= 11 is 0. The monoisotopic (exact) mass is 460 g/mol. The van der Waals surface area contributed by atoms with Crippen LogP contribution in [0.25, 0.3) is 0 Å². The van der Waals surface area contributed by atoms with Crippen molar-refractivity contribution in [3.8, 4) is 0 Å². The van der Waals surface area contributed by atoms with Gasteiger partial charge in [0.1, 0.15) is 6.04 Å². The molecular formula is C27H44N2O4. The minimum absolute atomic E-state index is 0.146. The molecule has 6 nitrogen and oxygen atoms in total. The van der Waals surface area contributed by atoms with Gasteiger partial charge in [-0.2, -0.15) is 0 Å². The smallest absolute Gasteiger partial charge is 0.328 e. The zero-order valence-corrected chi connectivity index (χ0v) is 20.9. The van der Waals surface area contributed by atoms with Crippen LogP contribution in [0, 0.1) is 0 Å². The molecule has 0 aromatic heterocycles. The van der Waals surface area contributed by atoms with Gasteiger partial charge in [0, 0.05) is 12.8 Å². The third kappa shape index (κ3) is 13.7. The summed E-state index contributed by atoms with van der Waals surface area (Å²) in [6, 6.07) is 7.24. The predicted molar refractivity (Wildman–Crippen MR) is 133 cm³/mol. The van der Waals surface area contributed by atoms with E-state index in [2.05, 4.69) is 29.7 Å². The normalized spacial score (nSPS) is 13.8. The summed E-state index contributed by atoms with van der Waals surface area (Å²) in [5, 5.41) is 5.23. The molecule has 0 heterocycles. The Kier molecular flexibility index (Phi) is 15.7. The van der Waals surface area contributed by atoms with Crippen LogP contribution < -0.4 is 10.6 Å². The molecule has 1 atom stereocenters. The molecule has 0 saturated heterocycles. The molecule has 0 radical (unpaired) electrons. The Labute approximate surface area is 200 Å².